The van der Waals surface area contributed by atoms with E-state index in [1.165, 1.54) is 12.3 Å². The lowest BCUT2D eigenvalue weighted by Gasteiger charge is -1.89. The summed E-state index contributed by atoms with van der Waals surface area (Å²) < 4.78 is 9.57. The van der Waals surface area contributed by atoms with Gasteiger partial charge in [-0.15, -0.1) is 0 Å². The highest BCUT2D eigenvalue weighted by molar-refractivity contribution is 5.17. The lowest BCUT2D eigenvalue weighted by molar-refractivity contribution is 0.0845. The number of nitriles is 1. The monoisotopic (exact) mass is 123 g/mol. The van der Waals surface area contributed by atoms with E-state index in [-0.39, 0.29) is 6.79 Å². The first-order valence-corrected chi connectivity index (χ1v) is 2.44. The Morgan fingerprint density at radius 3 is 3.22 bits per heavy atom. The first-order chi connectivity index (χ1) is 4.43. The molecule has 0 amide bonds. The lowest BCUT2D eigenvalue weighted by atomic mass is 10.5. The first-order valence-electron chi connectivity index (χ1n) is 2.44. The number of nitrogens with zero attached hydrogens (tertiary/aromatic N) is 1. The minimum Gasteiger partial charge on any atom is -0.461 e. The van der Waals surface area contributed by atoms with E-state index in [2.05, 4.69) is 0 Å². The van der Waals surface area contributed by atoms with Gasteiger partial charge in [-0.1, -0.05) is 0 Å². The van der Waals surface area contributed by atoms with Gasteiger partial charge in [0.1, 0.15) is 6.26 Å². The van der Waals surface area contributed by atoms with E-state index in [1.807, 2.05) is 6.07 Å². The van der Waals surface area contributed by atoms with E-state index < -0.39 is 0 Å². The lowest BCUT2D eigenvalue weighted by Crippen LogP contribution is -1.80. The predicted octanol–water partition coefficient (Wildman–Crippen LogP) is 0.912. The molecule has 0 radical (unpaired) electrons. The number of ether oxygens (including phenoxy) is 2. The summed E-state index contributed by atoms with van der Waals surface area (Å²) >= 11 is 0. The van der Waals surface area contributed by atoms with Crippen molar-refractivity contribution in [2.75, 3.05) is 6.79 Å². The smallest absolute Gasteiger partial charge is 0.230 e. The fourth-order valence-electron chi connectivity index (χ4n) is 0.459. The quantitative estimate of drug-likeness (QED) is 0.487. The number of hydrogen-bond acceptors (Lipinski definition) is 3. The summed E-state index contributed by atoms with van der Waals surface area (Å²) in [6, 6.07) is 1.84. The Labute approximate surface area is 52.8 Å². The Bertz CT molecular complexity index is 188. The number of allylic oxidation sites excluding steroid dienone is 2. The van der Waals surface area contributed by atoms with Crippen LogP contribution in [0.2, 0.25) is 0 Å². The van der Waals surface area contributed by atoms with Gasteiger partial charge < -0.3 is 9.47 Å². The highest BCUT2D eigenvalue weighted by Gasteiger charge is 1.99. The van der Waals surface area contributed by atoms with Gasteiger partial charge in [-0.25, -0.2) is 0 Å². The SMILES string of the molecule is N#CC=CC1=COCO1. The maximum absolute atomic E-state index is 8.07. The summed E-state index contributed by atoms with van der Waals surface area (Å²) in [4.78, 5) is 0. The average Bonchev–Trinajstić information content (AvgIpc) is 2.34. The van der Waals surface area contributed by atoms with Gasteiger partial charge in [0, 0.05) is 6.08 Å². The molecule has 0 spiro atoms. The summed E-state index contributed by atoms with van der Waals surface area (Å²) in [6.07, 6.45) is 4.35. The van der Waals surface area contributed by atoms with Crippen LogP contribution in [-0.4, -0.2) is 6.79 Å². The summed E-state index contributed by atoms with van der Waals surface area (Å²) in [5.41, 5.74) is 0. The van der Waals surface area contributed by atoms with Crippen LogP contribution < -0.4 is 0 Å². The van der Waals surface area contributed by atoms with E-state index in [9.17, 15) is 0 Å². The van der Waals surface area contributed by atoms with Gasteiger partial charge in [0.05, 0.1) is 6.07 Å². The first kappa shape index (κ1) is 5.70. The van der Waals surface area contributed by atoms with Crippen LogP contribution in [0.3, 0.4) is 0 Å². The molecule has 0 saturated carbocycles. The molecule has 9 heavy (non-hydrogen) atoms. The molecular weight excluding hydrogens is 118 g/mol. The Morgan fingerprint density at radius 2 is 2.67 bits per heavy atom. The molecule has 1 aliphatic rings. The summed E-state index contributed by atoms with van der Waals surface area (Å²) in [5.74, 6) is 0.594. The van der Waals surface area contributed by atoms with Crippen LogP contribution in [0.15, 0.2) is 24.2 Å². The topological polar surface area (TPSA) is 42.2 Å². The van der Waals surface area contributed by atoms with E-state index in [0.29, 0.717) is 5.76 Å². The van der Waals surface area contributed by atoms with Crippen molar-refractivity contribution in [3.05, 3.63) is 24.2 Å². The van der Waals surface area contributed by atoms with Crippen molar-refractivity contribution in [3.63, 3.8) is 0 Å². The van der Waals surface area contributed by atoms with Gasteiger partial charge in [-0.3, -0.25) is 0 Å². The van der Waals surface area contributed by atoms with Crippen LogP contribution in [0.25, 0.3) is 0 Å². The molecule has 46 valence electrons. The van der Waals surface area contributed by atoms with Crippen molar-refractivity contribution in [2.24, 2.45) is 0 Å². The molecule has 3 nitrogen and oxygen atoms in total. The van der Waals surface area contributed by atoms with Crippen molar-refractivity contribution in [2.45, 2.75) is 0 Å². The molecular formula is C6H5NO2. The predicted molar refractivity (Wildman–Crippen MR) is 29.9 cm³/mol. The average molecular weight is 123 g/mol. The van der Waals surface area contributed by atoms with Crippen LogP contribution in [0.5, 0.6) is 0 Å². The van der Waals surface area contributed by atoms with Crippen molar-refractivity contribution in [1.82, 2.24) is 0 Å². The van der Waals surface area contributed by atoms with Gasteiger partial charge in [0.2, 0.25) is 6.79 Å². The second-order valence-corrected chi connectivity index (χ2v) is 1.41. The van der Waals surface area contributed by atoms with Gasteiger partial charge in [0.25, 0.3) is 0 Å². The van der Waals surface area contributed by atoms with Crippen LogP contribution in [0.4, 0.5) is 0 Å². The third-order valence-corrected chi connectivity index (χ3v) is 0.815. The highest BCUT2D eigenvalue weighted by Crippen LogP contribution is 2.06. The molecule has 1 heterocycles. The van der Waals surface area contributed by atoms with Crippen LogP contribution in [0.1, 0.15) is 0 Å². The van der Waals surface area contributed by atoms with Crippen LogP contribution in [0, 0.1) is 11.3 Å². The minimum absolute atomic E-state index is 0.255. The van der Waals surface area contributed by atoms with Crippen molar-refractivity contribution < 1.29 is 9.47 Å². The fourth-order valence-corrected chi connectivity index (χ4v) is 0.459. The highest BCUT2D eigenvalue weighted by atomic mass is 16.7. The van der Waals surface area contributed by atoms with Gasteiger partial charge >= 0.3 is 0 Å². The molecule has 0 N–H and O–H groups in total. The van der Waals surface area contributed by atoms with E-state index in [1.54, 1.807) is 6.08 Å². The second kappa shape index (κ2) is 2.78. The van der Waals surface area contributed by atoms with Crippen molar-refractivity contribution in [1.29, 1.82) is 5.26 Å². The number of rotatable bonds is 1. The maximum Gasteiger partial charge on any atom is 0.230 e. The van der Waals surface area contributed by atoms with Crippen LogP contribution >= 0.6 is 0 Å². The molecule has 0 unspecified atom stereocenters. The normalized spacial score (nSPS) is 16.1. The largest absolute Gasteiger partial charge is 0.461 e. The van der Waals surface area contributed by atoms with Crippen molar-refractivity contribution in [3.8, 4) is 6.07 Å². The molecule has 1 rings (SSSR count). The zero-order chi connectivity index (χ0) is 6.53. The molecule has 3 heteroatoms. The van der Waals surface area contributed by atoms with E-state index >= 15 is 0 Å². The molecule has 1 aliphatic heterocycles. The van der Waals surface area contributed by atoms with E-state index in [0.717, 1.165) is 0 Å². The molecule has 0 aliphatic carbocycles. The summed E-state index contributed by atoms with van der Waals surface area (Å²) in [5, 5.41) is 8.07. The number of hydrogen-bond donors (Lipinski definition) is 0. The van der Waals surface area contributed by atoms with Gasteiger partial charge in [0.15, 0.2) is 5.76 Å². The van der Waals surface area contributed by atoms with Crippen LogP contribution in [-0.2, 0) is 9.47 Å². The standard InChI is InChI=1S/C6H5NO2/c7-3-1-2-6-4-8-5-9-6/h1-2,4H,5H2. The molecule has 0 saturated heterocycles. The second-order valence-electron chi connectivity index (χ2n) is 1.41. The zero-order valence-electron chi connectivity index (χ0n) is 4.70. The van der Waals surface area contributed by atoms with Crippen molar-refractivity contribution >= 4 is 0 Å². The van der Waals surface area contributed by atoms with Gasteiger partial charge in [-0.05, 0) is 6.08 Å². The molecule has 0 aromatic heterocycles. The molecule has 0 bridgehead atoms. The van der Waals surface area contributed by atoms with E-state index in [4.69, 9.17) is 14.7 Å². The molecule has 0 fully saturated rings. The minimum atomic E-state index is 0.255. The fraction of sp³-hybridized carbons (Fsp3) is 0.167. The Kier molecular flexibility index (Phi) is 1.76. The third kappa shape index (κ3) is 1.50. The molecule has 0 aromatic rings. The third-order valence-electron chi connectivity index (χ3n) is 0.815. The molecule has 0 atom stereocenters. The Hall–Kier alpha value is -1.43. The Balaban J connectivity index is 2.46. The summed E-state index contributed by atoms with van der Waals surface area (Å²) in [6.45, 7) is 0.255. The van der Waals surface area contributed by atoms with Gasteiger partial charge in [-0.2, -0.15) is 5.26 Å². The zero-order valence-corrected chi connectivity index (χ0v) is 4.70. The summed E-state index contributed by atoms with van der Waals surface area (Å²) in [7, 11) is 0. The Morgan fingerprint density at radius 1 is 1.78 bits per heavy atom. The molecule has 0 aromatic carbocycles. The maximum atomic E-state index is 8.07.